The summed E-state index contributed by atoms with van der Waals surface area (Å²) in [7, 11) is 2.00. The molecule has 0 aliphatic heterocycles. The van der Waals surface area contributed by atoms with Crippen molar-refractivity contribution in [3.63, 3.8) is 0 Å². The van der Waals surface area contributed by atoms with Crippen LogP contribution in [0.5, 0.6) is 0 Å². The molecule has 0 aliphatic rings. The zero-order valence-electron chi connectivity index (χ0n) is 9.49. The molecule has 0 aliphatic carbocycles. The van der Waals surface area contributed by atoms with Crippen molar-refractivity contribution in [2.45, 2.75) is 45.2 Å². The molecule has 0 bridgehead atoms. The van der Waals surface area contributed by atoms with Gasteiger partial charge in [0.1, 0.15) is 0 Å². The number of nitrogens with zero attached hydrogens (tertiary/aromatic N) is 1. The van der Waals surface area contributed by atoms with Crippen molar-refractivity contribution in [1.82, 2.24) is 4.90 Å². The highest BCUT2D eigenvalue weighted by atomic mass is 16.1. The van der Waals surface area contributed by atoms with E-state index >= 15 is 0 Å². The summed E-state index contributed by atoms with van der Waals surface area (Å²) in [5.41, 5.74) is 10.8. The summed E-state index contributed by atoms with van der Waals surface area (Å²) in [5, 5.41) is 0. The Balaban J connectivity index is 4.14. The minimum atomic E-state index is -0.281. The van der Waals surface area contributed by atoms with Crippen LogP contribution in [-0.4, -0.2) is 36.5 Å². The van der Waals surface area contributed by atoms with Crippen LogP contribution in [0.4, 0.5) is 0 Å². The Bertz CT molecular complexity index is 173. The smallest absolute Gasteiger partial charge is 0.219 e. The maximum atomic E-state index is 10.8. The molecule has 14 heavy (non-hydrogen) atoms. The van der Waals surface area contributed by atoms with Crippen LogP contribution in [0.2, 0.25) is 0 Å². The third-order valence-corrected chi connectivity index (χ3v) is 2.69. The first-order valence-electron chi connectivity index (χ1n) is 5.23. The second-order valence-electron chi connectivity index (χ2n) is 3.86. The van der Waals surface area contributed by atoms with Crippen LogP contribution >= 0.6 is 0 Å². The van der Waals surface area contributed by atoms with E-state index in [1.165, 1.54) is 0 Å². The van der Waals surface area contributed by atoms with Gasteiger partial charge in [0, 0.05) is 25.0 Å². The molecule has 0 aromatic heterocycles. The number of nitrogens with two attached hydrogens (primary N) is 2. The highest BCUT2D eigenvalue weighted by Gasteiger charge is 2.19. The predicted molar refractivity (Wildman–Crippen MR) is 58.8 cm³/mol. The Labute approximate surface area is 86.6 Å². The molecule has 0 heterocycles. The van der Waals surface area contributed by atoms with E-state index in [1.807, 2.05) is 7.05 Å². The molecular formula is C10H23N3O. The topological polar surface area (TPSA) is 72.3 Å². The quantitative estimate of drug-likeness (QED) is 0.622. The molecule has 0 rings (SSSR count). The maximum Gasteiger partial charge on any atom is 0.219 e. The van der Waals surface area contributed by atoms with Gasteiger partial charge in [0.2, 0.25) is 5.91 Å². The van der Waals surface area contributed by atoms with Crippen molar-refractivity contribution in [1.29, 1.82) is 0 Å². The van der Waals surface area contributed by atoms with Crippen LogP contribution in [0, 0.1) is 0 Å². The average Bonchev–Trinajstić information content (AvgIpc) is 2.13. The van der Waals surface area contributed by atoms with Crippen LogP contribution in [-0.2, 0) is 4.79 Å². The summed E-state index contributed by atoms with van der Waals surface area (Å²) < 4.78 is 0. The second-order valence-corrected chi connectivity index (χ2v) is 3.86. The summed E-state index contributed by atoms with van der Waals surface area (Å²) in [6, 6.07) is 0.530. The van der Waals surface area contributed by atoms with Gasteiger partial charge >= 0.3 is 0 Å². The van der Waals surface area contributed by atoms with Crippen LogP contribution in [0.25, 0.3) is 0 Å². The first-order valence-corrected chi connectivity index (χ1v) is 5.23. The predicted octanol–water partition coefficient (Wildman–Crippen LogP) is 0.310. The molecule has 0 saturated carbocycles. The van der Waals surface area contributed by atoms with E-state index in [1.54, 1.807) is 0 Å². The summed E-state index contributed by atoms with van der Waals surface area (Å²) in [4.78, 5) is 12.9. The minimum Gasteiger partial charge on any atom is -0.370 e. The van der Waals surface area contributed by atoms with Gasteiger partial charge in [-0.15, -0.1) is 0 Å². The highest BCUT2D eigenvalue weighted by molar-refractivity contribution is 5.74. The summed E-state index contributed by atoms with van der Waals surface area (Å²) in [5.74, 6) is -0.281. The fourth-order valence-corrected chi connectivity index (χ4v) is 1.61. The maximum absolute atomic E-state index is 10.8. The van der Waals surface area contributed by atoms with Gasteiger partial charge in [-0.25, -0.2) is 0 Å². The third-order valence-electron chi connectivity index (χ3n) is 2.69. The lowest BCUT2D eigenvalue weighted by Gasteiger charge is -2.31. The van der Waals surface area contributed by atoms with Crippen molar-refractivity contribution in [2.24, 2.45) is 11.5 Å². The average molecular weight is 201 g/mol. The molecule has 0 spiro atoms. The number of likely N-dealkylation sites (N-methyl/N-ethyl adjacent to an activating group) is 1. The van der Waals surface area contributed by atoms with E-state index in [-0.39, 0.29) is 11.9 Å². The highest BCUT2D eigenvalue weighted by Crippen LogP contribution is 2.09. The first kappa shape index (κ1) is 13.4. The Kier molecular flexibility index (Phi) is 6.49. The molecule has 4 nitrogen and oxygen atoms in total. The zero-order valence-corrected chi connectivity index (χ0v) is 9.49. The number of hydrogen-bond donors (Lipinski definition) is 2. The molecular weight excluding hydrogens is 178 g/mol. The van der Waals surface area contributed by atoms with Gasteiger partial charge in [0.25, 0.3) is 0 Å². The van der Waals surface area contributed by atoms with Crippen molar-refractivity contribution in [3.8, 4) is 0 Å². The SMILES string of the molecule is CCCC(C)N(C)C(CN)CC(N)=O. The normalized spacial score (nSPS) is 15.5. The Morgan fingerprint density at radius 2 is 2.07 bits per heavy atom. The molecule has 0 fully saturated rings. The molecule has 2 atom stereocenters. The number of carbonyl (C=O) groups is 1. The fraction of sp³-hybridized carbons (Fsp3) is 0.900. The molecule has 84 valence electrons. The van der Waals surface area contributed by atoms with Gasteiger partial charge in [0.15, 0.2) is 0 Å². The van der Waals surface area contributed by atoms with Gasteiger partial charge < -0.3 is 11.5 Å². The van der Waals surface area contributed by atoms with E-state index in [4.69, 9.17) is 11.5 Å². The second kappa shape index (κ2) is 6.79. The number of rotatable bonds is 7. The Morgan fingerprint density at radius 3 is 2.43 bits per heavy atom. The van der Waals surface area contributed by atoms with Crippen molar-refractivity contribution in [2.75, 3.05) is 13.6 Å². The third kappa shape index (κ3) is 4.58. The lowest BCUT2D eigenvalue weighted by atomic mass is 10.1. The molecule has 2 unspecified atom stereocenters. The first-order chi connectivity index (χ1) is 6.52. The van der Waals surface area contributed by atoms with Gasteiger partial charge in [-0.05, 0) is 20.4 Å². The summed E-state index contributed by atoms with van der Waals surface area (Å²) in [6.07, 6.45) is 2.60. The van der Waals surface area contributed by atoms with Crippen LogP contribution in [0.3, 0.4) is 0 Å². The number of hydrogen-bond acceptors (Lipinski definition) is 3. The standard InChI is InChI=1S/C10H23N3O/c1-4-5-8(2)13(3)9(7-11)6-10(12)14/h8-9H,4-7,11H2,1-3H3,(H2,12,14). The number of carbonyl (C=O) groups excluding carboxylic acids is 1. The van der Waals surface area contributed by atoms with Gasteiger partial charge in [-0.3, -0.25) is 9.69 Å². The Hall–Kier alpha value is -0.610. The number of amides is 1. The van der Waals surface area contributed by atoms with E-state index in [2.05, 4.69) is 18.7 Å². The molecule has 0 saturated heterocycles. The van der Waals surface area contributed by atoms with Crippen LogP contribution in [0.1, 0.15) is 33.1 Å². The van der Waals surface area contributed by atoms with E-state index in [0.29, 0.717) is 19.0 Å². The molecule has 0 aromatic carbocycles. The van der Waals surface area contributed by atoms with Gasteiger partial charge in [0.05, 0.1) is 0 Å². The fourth-order valence-electron chi connectivity index (χ4n) is 1.61. The van der Waals surface area contributed by atoms with Gasteiger partial charge in [-0.2, -0.15) is 0 Å². The molecule has 0 aromatic rings. The van der Waals surface area contributed by atoms with Crippen molar-refractivity contribution in [3.05, 3.63) is 0 Å². The largest absolute Gasteiger partial charge is 0.370 e. The molecule has 0 radical (unpaired) electrons. The van der Waals surface area contributed by atoms with Crippen LogP contribution < -0.4 is 11.5 Å². The lowest BCUT2D eigenvalue weighted by molar-refractivity contribution is -0.119. The van der Waals surface area contributed by atoms with Crippen molar-refractivity contribution < 1.29 is 4.79 Å². The molecule has 4 heteroatoms. The van der Waals surface area contributed by atoms with Crippen LogP contribution in [0.15, 0.2) is 0 Å². The zero-order chi connectivity index (χ0) is 11.1. The molecule has 4 N–H and O–H groups in total. The van der Waals surface area contributed by atoms with Gasteiger partial charge in [-0.1, -0.05) is 13.3 Å². The van der Waals surface area contributed by atoms with Crippen molar-refractivity contribution >= 4 is 5.91 Å². The minimum absolute atomic E-state index is 0.0778. The Morgan fingerprint density at radius 1 is 1.50 bits per heavy atom. The monoisotopic (exact) mass is 201 g/mol. The lowest BCUT2D eigenvalue weighted by Crippen LogP contribution is -2.45. The number of primary amides is 1. The van der Waals surface area contributed by atoms with E-state index < -0.39 is 0 Å². The van der Waals surface area contributed by atoms with E-state index in [9.17, 15) is 4.79 Å². The molecule has 1 amide bonds. The summed E-state index contributed by atoms with van der Waals surface area (Å²) in [6.45, 7) is 4.77. The summed E-state index contributed by atoms with van der Waals surface area (Å²) >= 11 is 0. The van der Waals surface area contributed by atoms with E-state index in [0.717, 1.165) is 12.8 Å².